The first-order valence-electron chi connectivity index (χ1n) is 5.23. The van der Waals surface area contributed by atoms with Crippen LogP contribution in [0.3, 0.4) is 0 Å². The van der Waals surface area contributed by atoms with Crippen molar-refractivity contribution in [3.05, 3.63) is 0 Å². The molecule has 0 rings (SSSR count). The van der Waals surface area contributed by atoms with E-state index < -0.39 is 13.2 Å². The normalized spacial score (nSPS) is 12.9. The summed E-state index contributed by atoms with van der Waals surface area (Å²) in [5, 5.41) is 0. The topological polar surface area (TPSA) is 44.8 Å². The number of hydrogen-bond acceptors (Lipinski definition) is 4. The molecule has 0 saturated heterocycles. The third-order valence-electron chi connectivity index (χ3n) is 1.87. The number of phosphoric acid groups is 1. The first kappa shape index (κ1) is 19.3. The summed E-state index contributed by atoms with van der Waals surface area (Å²) in [5.74, 6) is 0.892. The van der Waals surface area contributed by atoms with Crippen molar-refractivity contribution in [3.8, 4) is 0 Å². The lowest BCUT2D eigenvalue weighted by atomic mass is 9.98. The summed E-state index contributed by atoms with van der Waals surface area (Å²) in [7, 11) is -3.66. The quantitative estimate of drug-likeness (QED) is 0.410. The molecular weight excluding hydrogens is 345 g/mol. The summed E-state index contributed by atoms with van der Waals surface area (Å²) in [6, 6.07) is 0. The van der Waals surface area contributed by atoms with Crippen LogP contribution in [0, 0.1) is 5.41 Å². The van der Waals surface area contributed by atoms with Gasteiger partial charge in [0.2, 0.25) is 0 Å². The second kappa shape index (κ2) is 10.1. The third-order valence-corrected chi connectivity index (χ3v) is 4.91. The van der Waals surface area contributed by atoms with Crippen LogP contribution < -0.4 is 0 Å². The molecule has 0 N–H and O–H groups in total. The lowest BCUT2D eigenvalue weighted by Crippen LogP contribution is -2.27. The first-order chi connectivity index (χ1) is 8.45. The smallest absolute Gasteiger partial charge is 0.286 e. The minimum atomic E-state index is -3.66. The molecule has 0 amide bonds. The van der Waals surface area contributed by atoms with Crippen LogP contribution in [0.15, 0.2) is 0 Å². The zero-order valence-electron chi connectivity index (χ0n) is 10.0. The Bertz CT molecular complexity index is 251. The Kier molecular flexibility index (Phi) is 10.8. The van der Waals surface area contributed by atoms with Gasteiger partial charge in [0, 0.05) is 28.9 Å². The monoisotopic (exact) mass is 360 g/mol. The van der Waals surface area contributed by atoms with Crippen LogP contribution in [-0.4, -0.2) is 43.3 Å². The number of rotatable bonds is 11. The second-order valence-electron chi connectivity index (χ2n) is 3.84. The van der Waals surface area contributed by atoms with Crippen molar-refractivity contribution in [1.82, 2.24) is 0 Å². The fourth-order valence-corrected chi connectivity index (χ4v) is 2.88. The Labute approximate surface area is 128 Å². The molecule has 0 aromatic rings. The lowest BCUT2D eigenvalue weighted by Gasteiger charge is -2.26. The van der Waals surface area contributed by atoms with E-state index in [0.29, 0.717) is 0 Å². The van der Waals surface area contributed by atoms with Crippen LogP contribution in [0.5, 0.6) is 0 Å². The molecule has 0 aliphatic carbocycles. The van der Waals surface area contributed by atoms with Crippen molar-refractivity contribution in [3.63, 3.8) is 0 Å². The van der Waals surface area contributed by atoms with E-state index in [0.717, 1.165) is 0 Å². The molecule has 0 bridgehead atoms. The van der Waals surface area contributed by atoms with E-state index in [1.54, 1.807) is 6.92 Å². The Morgan fingerprint density at radius 1 is 0.944 bits per heavy atom. The van der Waals surface area contributed by atoms with Gasteiger partial charge < -0.3 is 0 Å². The van der Waals surface area contributed by atoms with Gasteiger partial charge >= 0.3 is 7.82 Å². The van der Waals surface area contributed by atoms with Gasteiger partial charge in [-0.2, -0.15) is 0 Å². The van der Waals surface area contributed by atoms with Gasteiger partial charge in [0.25, 0.3) is 0 Å². The van der Waals surface area contributed by atoms with E-state index in [9.17, 15) is 4.57 Å². The molecule has 9 heteroatoms. The Hall–Kier alpha value is 1.27. The molecule has 0 aromatic heterocycles. The van der Waals surface area contributed by atoms with Crippen LogP contribution in [0.1, 0.15) is 6.92 Å². The van der Waals surface area contributed by atoms with Crippen LogP contribution in [-0.2, 0) is 18.1 Å². The molecule has 0 aliphatic rings. The van der Waals surface area contributed by atoms with E-state index in [-0.39, 0.29) is 43.3 Å². The Morgan fingerprint density at radius 2 is 1.39 bits per heavy atom. The number of halogens is 4. The fraction of sp³-hybridized carbons (Fsp3) is 1.00. The summed E-state index contributed by atoms with van der Waals surface area (Å²) in [5.41, 5.74) is -0.507. The summed E-state index contributed by atoms with van der Waals surface area (Å²) in [4.78, 5) is 0. The van der Waals surface area contributed by atoms with Crippen LogP contribution in [0.4, 0.5) is 0 Å². The Morgan fingerprint density at radius 3 is 1.72 bits per heavy atom. The summed E-state index contributed by atoms with van der Waals surface area (Å²) in [6.45, 7) is 1.97. The van der Waals surface area contributed by atoms with Gasteiger partial charge in [0.05, 0.1) is 19.8 Å². The molecule has 0 unspecified atom stereocenters. The molecule has 0 heterocycles. The minimum absolute atomic E-state index is 0.0551. The van der Waals surface area contributed by atoms with Crippen LogP contribution >= 0.6 is 54.2 Å². The van der Waals surface area contributed by atoms with Crippen LogP contribution in [0.25, 0.3) is 0 Å². The highest BCUT2D eigenvalue weighted by atomic mass is 35.5. The highest BCUT2D eigenvalue weighted by Gasteiger charge is 2.32. The maximum atomic E-state index is 12.1. The molecule has 0 aliphatic heterocycles. The maximum Gasteiger partial charge on any atom is 0.474 e. The third kappa shape index (κ3) is 7.76. The molecule has 18 heavy (non-hydrogen) atoms. The standard InChI is InChI=1S/C9H17Cl4O4P/c1-9(6-12,7-13)8-17-18(14,15-4-2-10)16-5-3-11/h2-8H2,1H3. The van der Waals surface area contributed by atoms with Crippen molar-refractivity contribution in [2.24, 2.45) is 5.41 Å². The lowest BCUT2D eigenvalue weighted by molar-refractivity contribution is 0.0942. The molecular formula is C9H17Cl4O4P. The zero-order chi connectivity index (χ0) is 14.1. The largest absolute Gasteiger partial charge is 0.474 e. The SMILES string of the molecule is CC(CCl)(CCl)COP(=O)(OCCCl)OCCCl. The van der Waals surface area contributed by atoms with Crippen molar-refractivity contribution >= 4 is 54.2 Å². The van der Waals surface area contributed by atoms with Crippen molar-refractivity contribution in [2.75, 3.05) is 43.3 Å². The average molecular weight is 362 g/mol. The molecule has 4 nitrogen and oxygen atoms in total. The average Bonchev–Trinajstić information content (AvgIpc) is 2.40. The number of hydrogen-bond donors (Lipinski definition) is 0. The fourth-order valence-electron chi connectivity index (χ4n) is 0.752. The van der Waals surface area contributed by atoms with Crippen LogP contribution in [0.2, 0.25) is 0 Å². The molecule has 0 saturated carbocycles. The second-order valence-corrected chi connectivity index (χ2v) is 6.80. The van der Waals surface area contributed by atoms with Gasteiger partial charge in [-0.1, -0.05) is 6.92 Å². The summed E-state index contributed by atoms with van der Waals surface area (Å²) in [6.07, 6.45) is 0. The van der Waals surface area contributed by atoms with Gasteiger partial charge in [-0.15, -0.1) is 46.4 Å². The molecule has 0 fully saturated rings. The summed E-state index contributed by atoms with van der Waals surface area (Å²) >= 11 is 22.5. The van der Waals surface area contributed by atoms with Gasteiger partial charge in [0.15, 0.2) is 0 Å². The van der Waals surface area contributed by atoms with Gasteiger partial charge in [-0.3, -0.25) is 13.6 Å². The van der Waals surface area contributed by atoms with E-state index in [4.69, 9.17) is 60.0 Å². The van der Waals surface area contributed by atoms with E-state index in [2.05, 4.69) is 0 Å². The van der Waals surface area contributed by atoms with E-state index >= 15 is 0 Å². The molecule has 0 aromatic carbocycles. The number of phosphoric ester groups is 1. The highest BCUT2D eigenvalue weighted by molar-refractivity contribution is 7.48. The minimum Gasteiger partial charge on any atom is -0.286 e. The van der Waals surface area contributed by atoms with Crippen molar-refractivity contribution < 1.29 is 18.1 Å². The van der Waals surface area contributed by atoms with E-state index in [1.165, 1.54) is 0 Å². The van der Waals surface area contributed by atoms with Crippen molar-refractivity contribution in [2.45, 2.75) is 6.92 Å². The predicted octanol–water partition coefficient (Wildman–Crippen LogP) is 4.11. The molecule has 0 atom stereocenters. The zero-order valence-corrected chi connectivity index (χ0v) is 14.0. The maximum absolute atomic E-state index is 12.1. The molecule has 0 spiro atoms. The number of alkyl halides is 4. The predicted molar refractivity (Wildman–Crippen MR) is 76.4 cm³/mol. The van der Waals surface area contributed by atoms with Gasteiger partial charge in [-0.05, 0) is 0 Å². The Balaban J connectivity index is 4.44. The molecule has 0 radical (unpaired) electrons. The van der Waals surface area contributed by atoms with Gasteiger partial charge in [0.1, 0.15) is 0 Å². The van der Waals surface area contributed by atoms with Crippen molar-refractivity contribution in [1.29, 1.82) is 0 Å². The molecule has 110 valence electrons. The summed E-state index contributed by atoms with van der Waals surface area (Å²) < 4.78 is 27.3. The highest BCUT2D eigenvalue weighted by Crippen LogP contribution is 2.50. The van der Waals surface area contributed by atoms with Gasteiger partial charge in [-0.25, -0.2) is 4.57 Å². The van der Waals surface area contributed by atoms with E-state index in [1.807, 2.05) is 0 Å². The first-order valence-corrected chi connectivity index (χ1v) is 8.82.